The molecule has 0 aliphatic carbocycles. The van der Waals surface area contributed by atoms with E-state index in [4.69, 9.17) is 5.21 Å². The second-order valence-corrected chi connectivity index (χ2v) is 8.11. The normalized spacial score (nSPS) is 16.2. The van der Waals surface area contributed by atoms with Gasteiger partial charge in [-0.3, -0.25) is 24.5 Å². The summed E-state index contributed by atoms with van der Waals surface area (Å²) in [5.41, 5.74) is 4.39. The Balaban J connectivity index is 1.64. The van der Waals surface area contributed by atoms with Gasteiger partial charge in [0.1, 0.15) is 0 Å². The SMILES string of the molecule is CNC(=O)C(C(=O)NO)N(C)C(=O)c1ccc(C#Cc2ccc(CN3CCC(O)C3)cc2)cc1. The number of nitrogens with one attached hydrogen (secondary N) is 2. The number of hydrogen-bond donors (Lipinski definition) is 4. The van der Waals surface area contributed by atoms with Gasteiger partial charge in [0.25, 0.3) is 17.7 Å². The summed E-state index contributed by atoms with van der Waals surface area (Å²) in [5.74, 6) is 3.85. The third kappa shape index (κ3) is 6.20. The number of rotatable bonds is 6. The molecule has 1 heterocycles. The van der Waals surface area contributed by atoms with Gasteiger partial charge in [-0.05, 0) is 48.4 Å². The minimum Gasteiger partial charge on any atom is -0.392 e. The Morgan fingerprint density at radius 2 is 1.65 bits per heavy atom. The molecule has 3 rings (SSSR count). The molecule has 1 aliphatic heterocycles. The van der Waals surface area contributed by atoms with Gasteiger partial charge in [0, 0.05) is 50.4 Å². The number of nitrogens with zero attached hydrogens (tertiary/aromatic N) is 2. The van der Waals surface area contributed by atoms with Crippen molar-refractivity contribution >= 4 is 17.7 Å². The maximum atomic E-state index is 12.7. The summed E-state index contributed by atoms with van der Waals surface area (Å²) in [6.07, 6.45) is 0.584. The number of likely N-dealkylation sites (tertiary alicyclic amines) is 1. The first kappa shape index (κ1) is 24.9. The van der Waals surface area contributed by atoms with E-state index in [1.54, 1.807) is 24.3 Å². The molecule has 0 radical (unpaired) electrons. The monoisotopic (exact) mass is 464 g/mol. The van der Waals surface area contributed by atoms with Gasteiger partial charge < -0.3 is 15.3 Å². The summed E-state index contributed by atoms with van der Waals surface area (Å²) in [6, 6.07) is 12.9. The minimum absolute atomic E-state index is 0.232. The fourth-order valence-electron chi connectivity index (χ4n) is 3.74. The van der Waals surface area contributed by atoms with Crippen molar-refractivity contribution in [2.75, 3.05) is 27.2 Å². The van der Waals surface area contributed by atoms with Crippen molar-refractivity contribution in [3.63, 3.8) is 0 Å². The van der Waals surface area contributed by atoms with Crippen LogP contribution >= 0.6 is 0 Å². The summed E-state index contributed by atoms with van der Waals surface area (Å²) < 4.78 is 0. The van der Waals surface area contributed by atoms with Crippen LogP contribution in [0.25, 0.3) is 0 Å². The highest BCUT2D eigenvalue weighted by molar-refractivity contribution is 6.08. The molecule has 1 fully saturated rings. The quantitative estimate of drug-likeness (QED) is 0.212. The Bertz CT molecular complexity index is 1070. The molecular weight excluding hydrogens is 436 g/mol. The van der Waals surface area contributed by atoms with Gasteiger partial charge >= 0.3 is 0 Å². The molecular formula is C25H28N4O5. The van der Waals surface area contributed by atoms with Crippen LogP contribution in [0.15, 0.2) is 48.5 Å². The summed E-state index contributed by atoms with van der Waals surface area (Å²) in [5, 5.41) is 20.8. The summed E-state index contributed by atoms with van der Waals surface area (Å²) in [4.78, 5) is 39.7. The maximum absolute atomic E-state index is 12.7. The van der Waals surface area contributed by atoms with Crippen molar-refractivity contribution in [1.82, 2.24) is 20.6 Å². The van der Waals surface area contributed by atoms with Gasteiger partial charge in [-0.1, -0.05) is 24.0 Å². The fraction of sp³-hybridized carbons (Fsp3) is 0.320. The Labute approximate surface area is 198 Å². The first-order valence-electron chi connectivity index (χ1n) is 10.9. The van der Waals surface area contributed by atoms with Crippen LogP contribution in [0.4, 0.5) is 0 Å². The molecule has 0 aromatic heterocycles. The topological polar surface area (TPSA) is 122 Å². The van der Waals surface area contributed by atoms with Crippen LogP contribution in [-0.4, -0.2) is 77.2 Å². The van der Waals surface area contributed by atoms with Gasteiger partial charge in [0.2, 0.25) is 0 Å². The number of carbonyl (C=O) groups excluding carboxylic acids is 3. The van der Waals surface area contributed by atoms with Gasteiger partial charge in [0.05, 0.1) is 6.10 Å². The fourth-order valence-corrected chi connectivity index (χ4v) is 3.74. The number of amides is 3. The lowest BCUT2D eigenvalue weighted by Gasteiger charge is -2.25. The number of hydroxylamine groups is 1. The van der Waals surface area contributed by atoms with Crippen LogP contribution < -0.4 is 10.8 Å². The van der Waals surface area contributed by atoms with Crippen LogP contribution in [0.1, 0.15) is 33.5 Å². The number of likely N-dealkylation sites (N-methyl/N-ethyl adjacent to an activating group) is 2. The average Bonchev–Trinajstić information content (AvgIpc) is 3.27. The minimum atomic E-state index is -1.51. The zero-order chi connectivity index (χ0) is 24.7. The summed E-state index contributed by atoms with van der Waals surface area (Å²) in [6.45, 7) is 2.41. The van der Waals surface area contributed by atoms with Gasteiger partial charge in [-0.25, -0.2) is 5.48 Å². The zero-order valence-corrected chi connectivity index (χ0v) is 19.1. The molecule has 9 heteroatoms. The Kier molecular flexibility index (Phi) is 8.38. The van der Waals surface area contributed by atoms with E-state index in [2.05, 4.69) is 22.1 Å². The van der Waals surface area contributed by atoms with Gasteiger partial charge in [-0.15, -0.1) is 0 Å². The van der Waals surface area contributed by atoms with Crippen LogP contribution in [0, 0.1) is 11.8 Å². The Morgan fingerprint density at radius 1 is 1.06 bits per heavy atom. The molecule has 0 saturated carbocycles. The second-order valence-electron chi connectivity index (χ2n) is 8.11. The zero-order valence-electron chi connectivity index (χ0n) is 19.1. The summed E-state index contributed by atoms with van der Waals surface area (Å²) >= 11 is 0. The van der Waals surface area contributed by atoms with Crippen LogP contribution in [0.2, 0.25) is 0 Å². The van der Waals surface area contributed by atoms with Crippen molar-refractivity contribution in [3.8, 4) is 11.8 Å². The first-order chi connectivity index (χ1) is 16.3. The molecule has 2 unspecified atom stereocenters. The predicted molar refractivity (Wildman–Crippen MR) is 125 cm³/mol. The van der Waals surface area contributed by atoms with Gasteiger partial charge in [0.15, 0.2) is 6.04 Å². The van der Waals surface area contributed by atoms with Crippen LogP contribution in [0.3, 0.4) is 0 Å². The second kappa shape index (κ2) is 11.4. The standard InChI is InChI=1S/C25H28N4O5/c1-26-23(31)22(24(32)27-34)28(2)25(33)20-11-9-18(10-12-20)4-3-17-5-7-19(8-6-17)15-29-14-13-21(30)16-29/h5-12,21-22,30,34H,13-16H2,1-2H3,(H,26,31)(H,27,32). The molecule has 1 aliphatic rings. The van der Waals surface area contributed by atoms with E-state index in [1.165, 1.54) is 19.6 Å². The lowest BCUT2D eigenvalue weighted by atomic mass is 10.1. The van der Waals surface area contributed by atoms with Crippen molar-refractivity contribution in [2.45, 2.75) is 25.1 Å². The van der Waals surface area contributed by atoms with Crippen molar-refractivity contribution in [3.05, 3.63) is 70.8 Å². The molecule has 2 atom stereocenters. The average molecular weight is 465 g/mol. The Morgan fingerprint density at radius 3 is 2.15 bits per heavy atom. The smallest absolute Gasteiger partial charge is 0.275 e. The third-order valence-corrected chi connectivity index (χ3v) is 5.65. The molecule has 1 saturated heterocycles. The van der Waals surface area contributed by atoms with E-state index >= 15 is 0 Å². The van der Waals surface area contributed by atoms with Crippen molar-refractivity contribution in [2.24, 2.45) is 0 Å². The lowest BCUT2D eigenvalue weighted by molar-refractivity contribution is -0.140. The highest BCUT2D eigenvalue weighted by Crippen LogP contribution is 2.14. The number of aliphatic hydroxyl groups excluding tert-OH is 1. The molecule has 2 aromatic rings. The van der Waals surface area contributed by atoms with E-state index in [9.17, 15) is 19.5 Å². The summed E-state index contributed by atoms with van der Waals surface area (Å²) in [7, 11) is 2.64. The van der Waals surface area contributed by atoms with E-state index in [0.717, 1.165) is 35.5 Å². The van der Waals surface area contributed by atoms with Crippen molar-refractivity contribution in [1.29, 1.82) is 0 Å². The molecule has 3 amide bonds. The highest BCUT2D eigenvalue weighted by atomic mass is 16.5. The van der Waals surface area contributed by atoms with Crippen LogP contribution in [0.5, 0.6) is 0 Å². The number of aliphatic hydroxyl groups is 1. The highest BCUT2D eigenvalue weighted by Gasteiger charge is 2.33. The molecule has 9 nitrogen and oxygen atoms in total. The van der Waals surface area contributed by atoms with E-state index in [1.807, 2.05) is 24.3 Å². The van der Waals surface area contributed by atoms with Gasteiger partial charge in [-0.2, -0.15) is 0 Å². The van der Waals surface area contributed by atoms with E-state index in [-0.39, 0.29) is 11.7 Å². The largest absolute Gasteiger partial charge is 0.392 e. The molecule has 178 valence electrons. The molecule has 34 heavy (non-hydrogen) atoms. The van der Waals surface area contributed by atoms with Crippen LogP contribution in [-0.2, 0) is 16.1 Å². The van der Waals surface area contributed by atoms with E-state index < -0.39 is 23.8 Å². The lowest BCUT2D eigenvalue weighted by Crippen LogP contribution is -2.54. The predicted octanol–water partition coefficient (Wildman–Crippen LogP) is 0.345. The number of carbonyl (C=O) groups is 3. The number of benzene rings is 2. The Hall–Kier alpha value is -3.71. The molecule has 4 N–H and O–H groups in total. The first-order valence-corrected chi connectivity index (χ1v) is 10.9. The van der Waals surface area contributed by atoms with E-state index in [0.29, 0.717) is 12.1 Å². The maximum Gasteiger partial charge on any atom is 0.275 e. The number of hydrogen-bond acceptors (Lipinski definition) is 6. The van der Waals surface area contributed by atoms with Crippen molar-refractivity contribution < 1.29 is 24.7 Å². The molecule has 0 bridgehead atoms. The number of β-amino-alcohol motifs (C(OH)–C–C–N with tert-alkyl or cyclic N) is 1. The third-order valence-electron chi connectivity index (χ3n) is 5.65. The molecule has 2 aromatic carbocycles. The molecule has 0 spiro atoms.